The number of alkyl carbamates (subject to hydrolysis) is 1. The molecule has 2 heterocycles. The standard InChI is InChI=1S/C28H36F2N2O8S/c1-18(2)14-32(41(35,36)21-11-9-20(37-3)10-12-21)15-23(33)22(13-19-7-5-4-6-8-19)31-27(34)40-24-16-38-26-25(24)28(29,30)17-39-26/h4-12,18,22-26,33H,13-17H2,1-3H3,(H,31,34)/t22-,23+,24-,25-,26-/m0/s1. The van der Waals surface area contributed by atoms with Crippen LogP contribution >= 0.6 is 0 Å². The van der Waals surface area contributed by atoms with E-state index >= 15 is 0 Å². The van der Waals surface area contributed by atoms with E-state index in [4.69, 9.17) is 18.9 Å². The molecule has 0 aromatic heterocycles. The molecular weight excluding hydrogens is 562 g/mol. The Labute approximate surface area is 238 Å². The highest BCUT2D eigenvalue weighted by atomic mass is 32.2. The number of alkyl halides is 2. The first kappa shape index (κ1) is 31.1. The van der Waals surface area contributed by atoms with E-state index in [1.807, 2.05) is 19.9 Å². The monoisotopic (exact) mass is 598 g/mol. The molecule has 2 N–H and O–H groups in total. The van der Waals surface area contributed by atoms with Gasteiger partial charge in [0.2, 0.25) is 10.0 Å². The van der Waals surface area contributed by atoms with Gasteiger partial charge in [0, 0.05) is 13.1 Å². The number of sulfonamides is 1. The summed E-state index contributed by atoms with van der Waals surface area (Å²) < 4.78 is 77.5. The van der Waals surface area contributed by atoms with Crippen LogP contribution in [-0.2, 0) is 30.7 Å². The number of benzene rings is 2. The number of methoxy groups -OCH3 is 1. The maximum absolute atomic E-state index is 14.3. The Balaban J connectivity index is 1.52. The third kappa shape index (κ3) is 7.52. The lowest BCUT2D eigenvalue weighted by atomic mass is 9.99. The van der Waals surface area contributed by atoms with Gasteiger partial charge in [0.15, 0.2) is 6.29 Å². The Bertz CT molecular complexity index is 1260. The van der Waals surface area contributed by atoms with Crippen molar-refractivity contribution in [1.82, 2.24) is 9.62 Å². The molecule has 1 amide bonds. The minimum atomic E-state index is -4.03. The Morgan fingerprint density at radius 2 is 1.80 bits per heavy atom. The first-order valence-corrected chi connectivity index (χ1v) is 14.8. The molecular formula is C28H36F2N2O8S. The van der Waals surface area contributed by atoms with Crippen LogP contribution in [0, 0.1) is 11.8 Å². The van der Waals surface area contributed by atoms with Crippen molar-refractivity contribution in [1.29, 1.82) is 0 Å². The molecule has 0 aliphatic carbocycles. The van der Waals surface area contributed by atoms with Crippen LogP contribution in [0.15, 0.2) is 59.5 Å². The highest BCUT2D eigenvalue weighted by molar-refractivity contribution is 7.89. The molecule has 2 aliphatic rings. The Kier molecular flexibility index (Phi) is 9.85. The predicted molar refractivity (Wildman–Crippen MR) is 144 cm³/mol. The quantitative estimate of drug-likeness (QED) is 0.382. The predicted octanol–water partition coefficient (Wildman–Crippen LogP) is 3.05. The van der Waals surface area contributed by atoms with Gasteiger partial charge in [-0.2, -0.15) is 4.31 Å². The number of aliphatic hydroxyl groups excluding tert-OH is 1. The van der Waals surface area contributed by atoms with E-state index in [-0.39, 0.29) is 36.9 Å². The SMILES string of the molecule is COc1ccc(S(=O)(=O)N(CC(C)C)C[C@@H](O)[C@H](Cc2ccccc2)NC(=O)O[C@H]2CO[C@H]3OCC(F)(F)[C@H]32)cc1. The number of hydrogen-bond donors (Lipinski definition) is 2. The Morgan fingerprint density at radius 1 is 1.12 bits per heavy atom. The van der Waals surface area contributed by atoms with Crippen molar-refractivity contribution in [3.63, 3.8) is 0 Å². The molecule has 0 saturated carbocycles. The minimum absolute atomic E-state index is 0.0219. The number of carbonyl (C=O) groups is 1. The number of ether oxygens (including phenoxy) is 4. The van der Waals surface area contributed by atoms with Gasteiger partial charge in [-0.25, -0.2) is 22.0 Å². The van der Waals surface area contributed by atoms with E-state index in [9.17, 15) is 27.1 Å². The molecule has 2 saturated heterocycles. The van der Waals surface area contributed by atoms with Crippen molar-refractivity contribution >= 4 is 16.1 Å². The summed E-state index contributed by atoms with van der Waals surface area (Å²) in [7, 11) is -2.56. The molecule has 2 aromatic carbocycles. The van der Waals surface area contributed by atoms with Crippen LogP contribution < -0.4 is 10.1 Å². The van der Waals surface area contributed by atoms with Crippen molar-refractivity contribution in [2.24, 2.45) is 11.8 Å². The molecule has 2 aromatic rings. The summed E-state index contributed by atoms with van der Waals surface area (Å²) >= 11 is 0. The fraction of sp³-hybridized carbons (Fsp3) is 0.536. The second-order valence-corrected chi connectivity index (χ2v) is 12.6. The van der Waals surface area contributed by atoms with Gasteiger partial charge < -0.3 is 29.4 Å². The van der Waals surface area contributed by atoms with Gasteiger partial charge in [0.25, 0.3) is 5.92 Å². The highest BCUT2D eigenvalue weighted by Crippen LogP contribution is 2.43. The van der Waals surface area contributed by atoms with Crippen LogP contribution in [0.2, 0.25) is 0 Å². The Morgan fingerprint density at radius 3 is 2.44 bits per heavy atom. The van der Waals surface area contributed by atoms with Gasteiger partial charge >= 0.3 is 6.09 Å². The molecule has 4 rings (SSSR count). The molecule has 0 spiro atoms. The van der Waals surface area contributed by atoms with Crippen molar-refractivity contribution in [2.45, 2.75) is 55.6 Å². The second kappa shape index (κ2) is 13.0. The molecule has 2 aliphatic heterocycles. The van der Waals surface area contributed by atoms with Gasteiger partial charge in [-0.3, -0.25) is 0 Å². The summed E-state index contributed by atoms with van der Waals surface area (Å²) in [5.41, 5.74) is 0.755. The van der Waals surface area contributed by atoms with E-state index in [0.717, 1.165) is 5.56 Å². The molecule has 5 atom stereocenters. The Hall–Kier alpha value is -2.84. The summed E-state index contributed by atoms with van der Waals surface area (Å²) in [6.45, 7) is 2.37. The zero-order valence-corrected chi connectivity index (χ0v) is 23.9. The first-order valence-electron chi connectivity index (χ1n) is 13.3. The molecule has 226 valence electrons. The molecule has 13 heteroatoms. The average molecular weight is 599 g/mol. The lowest BCUT2D eigenvalue weighted by molar-refractivity contribution is -0.0953. The summed E-state index contributed by atoms with van der Waals surface area (Å²) in [5.74, 6) is -4.25. The van der Waals surface area contributed by atoms with Crippen LogP contribution in [-0.4, -0.2) is 87.8 Å². The number of halogens is 2. The summed E-state index contributed by atoms with van der Waals surface area (Å²) in [6.07, 6.45) is -4.70. The lowest BCUT2D eigenvalue weighted by Gasteiger charge is -2.31. The second-order valence-electron chi connectivity index (χ2n) is 10.6. The van der Waals surface area contributed by atoms with E-state index in [1.54, 1.807) is 24.3 Å². The smallest absolute Gasteiger partial charge is 0.407 e. The number of fused-ring (bicyclic) bond motifs is 1. The van der Waals surface area contributed by atoms with E-state index < -0.39 is 59.1 Å². The molecule has 0 unspecified atom stereocenters. The van der Waals surface area contributed by atoms with Crippen LogP contribution in [0.25, 0.3) is 0 Å². The number of carbonyl (C=O) groups excluding carboxylic acids is 1. The number of hydrogen-bond acceptors (Lipinski definition) is 8. The van der Waals surface area contributed by atoms with Crippen molar-refractivity contribution in [3.05, 3.63) is 60.2 Å². The third-order valence-corrected chi connectivity index (χ3v) is 8.87. The van der Waals surface area contributed by atoms with Crippen LogP contribution in [0.4, 0.5) is 13.6 Å². The van der Waals surface area contributed by atoms with Crippen molar-refractivity contribution in [2.75, 3.05) is 33.4 Å². The van der Waals surface area contributed by atoms with Gasteiger partial charge in [0.05, 0.1) is 30.8 Å². The minimum Gasteiger partial charge on any atom is -0.497 e. The van der Waals surface area contributed by atoms with E-state index in [0.29, 0.717) is 5.75 Å². The van der Waals surface area contributed by atoms with Crippen molar-refractivity contribution < 1.29 is 46.0 Å². The summed E-state index contributed by atoms with van der Waals surface area (Å²) in [4.78, 5) is 12.9. The van der Waals surface area contributed by atoms with Crippen LogP contribution in [0.3, 0.4) is 0 Å². The number of nitrogens with one attached hydrogen (secondary N) is 1. The number of rotatable bonds is 12. The fourth-order valence-corrected chi connectivity index (χ4v) is 6.60. The van der Waals surface area contributed by atoms with Crippen molar-refractivity contribution in [3.8, 4) is 5.75 Å². The maximum atomic E-state index is 14.3. The number of nitrogens with zero attached hydrogens (tertiary/aromatic N) is 1. The van der Waals surface area contributed by atoms with Gasteiger partial charge in [-0.15, -0.1) is 0 Å². The molecule has 0 bridgehead atoms. The van der Waals surface area contributed by atoms with Gasteiger partial charge in [0.1, 0.15) is 24.4 Å². The summed E-state index contributed by atoms with van der Waals surface area (Å²) in [5, 5.41) is 13.9. The first-order chi connectivity index (χ1) is 19.4. The molecule has 41 heavy (non-hydrogen) atoms. The molecule has 0 radical (unpaired) electrons. The molecule has 10 nitrogen and oxygen atoms in total. The zero-order chi connectivity index (χ0) is 29.8. The van der Waals surface area contributed by atoms with E-state index in [1.165, 1.54) is 35.7 Å². The number of amides is 1. The average Bonchev–Trinajstić information content (AvgIpc) is 3.48. The largest absolute Gasteiger partial charge is 0.497 e. The summed E-state index contributed by atoms with van der Waals surface area (Å²) in [6, 6.07) is 13.9. The normalized spacial score (nSPS) is 23.3. The van der Waals surface area contributed by atoms with Gasteiger partial charge in [-0.1, -0.05) is 44.2 Å². The van der Waals surface area contributed by atoms with Gasteiger partial charge in [-0.05, 0) is 42.2 Å². The highest BCUT2D eigenvalue weighted by Gasteiger charge is 2.60. The third-order valence-electron chi connectivity index (χ3n) is 7.03. The van der Waals surface area contributed by atoms with E-state index in [2.05, 4.69) is 5.32 Å². The lowest BCUT2D eigenvalue weighted by Crippen LogP contribution is -2.52. The maximum Gasteiger partial charge on any atom is 0.407 e. The fourth-order valence-electron chi connectivity index (χ4n) is 4.98. The zero-order valence-electron chi connectivity index (χ0n) is 23.1. The molecule has 2 fully saturated rings. The topological polar surface area (TPSA) is 124 Å². The van der Waals surface area contributed by atoms with Crippen LogP contribution in [0.1, 0.15) is 19.4 Å². The number of aliphatic hydroxyl groups is 1. The van der Waals surface area contributed by atoms with Crippen LogP contribution in [0.5, 0.6) is 5.75 Å².